The van der Waals surface area contributed by atoms with Crippen LogP contribution in [-0.2, 0) is 71.9 Å². The van der Waals surface area contributed by atoms with Gasteiger partial charge in [-0.2, -0.15) is 0 Å². The predicted molar refractivity (Wildman–Crippen MR) is 231 cm³/mol. The molecule has 14 atom stereocenters. The number of benzene rings is 3. The molecule has 338 valence electrons. The fourth-order valence-electron chi connectivity index (χ4n) is 10.6. The lowest BCUT2D eigenvalue weighted by Crippen LogP contribution is -2.64. The number of hydrogen-bond donors (Lipinski definition) is 0. The smallest absolute Gasteiger partial charge is 0.163 e. The van der Waals surface area contributed by atoms with Crippen LogP contribution in [0.1, 0.15) is 96.8 Å². The zero-order valence-electron chi connectivity index (χ0n) is 37.4. The highest BCUT2D eigenvalue weighted by Crippen LogP contribution is 2.48. The molecular weight excluding hydrogens is 789 g/mol. The van der Waals surface area contributed by atoms with Gasteiger partial charge in [-0.05, 0) is 70.1 Å². The third-order valence-electron chi connectivity index (χ3n) is 13.8. The molecule has 6 heterocycles. The van der Waals surface area contributed by atoms with Crippen molar-refractivity contribution < 1.29 is 52.1 Å². The molecule has 6 saturated heterocycles. The van der Waals surface area contributed by atoms with Gasteiger partial charge < -0.3 is 52.1 Å². The number of rotatable bonds is 10. The van der Waals surface area contributed by atoms with Crippen molar-refractivity contribution in [1.29, 1.82) is 0 Å². The van der Waals surface area contributed by atoms with Gasteiger partial charge in [0.05, 0.1) is 94.1 Å². The summed E-state index contributed by atoms with van der Waals surface area (Å²) in [5.74, 6) is -1.10. The Labute approximate surface area is 368 Å². The Morgan fingerprint density at radius 1 is 0.500 bits per heavy atom. The Balaban J connectivity index is 1.05. The van der Waals surface area contributed by atoms with E-state index in [1.165, 1.54) is 0 Å². The minimum atomic E-state index is -0.826. The molecule has 6 aliphatic heterocycles. The van der Waals surface area contributed by atoms with E-state index in [-0.39, 0.29) is 61.0 Å². The van der Waals surface area contributed by atoms with Crippen LogP contribution >= 0.6 is 0 Å². The van der Waals surface area contributed by atoms with E-state index in [4.69, 9.17) is 52.1 Å². The minimum Gasteiger partial charge on any atom is -0.374 e. The fraction of sp³-hybridized carbons (Fsp3) is 0.647. The topological polar surface area (TPSA) is 102 Å². The van der Waals surface area contributed by atoms with Crippen LogP contribution in [-0.4, -0.2) is 104 Å². The molecule has 0 amide bonds. The van der Waals surface area contributed by atoms with E-state index >= 15 is 0 Å². The normalized spacial score (nSPS) is 39.1. The van der Waals surface area contributed by atoms with Crippen molar-refractivity contribution in [2.24, 2.45) is 5.92 Å². The van der Waals surface area contributed by atoms with Crippen LogP contribution in [0.25, 0.3) is 0 Å². The molecule has 0 spiro atoms. The van der Waals surface area contributed by atoms with Crippen LogP contribution in [0, 0.1) is 5.92 Å². The van der Waals surface area contributed by atoms with Crippen molar-refractivity contribution in [2.75, 3.05) is 13.2 Å². The van der Waals surface area contributed by atoms with E-state index in [2.05, 4.69) is 62.4 Å². The molecule has 3 aromatic rings. The molecule has 62 heavy (non-hydrogen) atoms. The monoisotopic (exact) mass is 856 g/mol. The highest BCUT2D eigenvalue weighted by Gasteiger charge is 2.59. The third kappa shape index (κ3) is 10.5. The van der Waals surface area contributed by atoms with Crippen molar-refractivity contribution in [3.8, 4) is 0 Å². The molecule has 6 aliphatic rings. The SMILES string of the molecule is C[C@@H]1C[C@@H]2OC(C)(C)OC[C@H]2O[C@H]2C[C@H]3O[C@H]4C[C@H]5OC(C)(C)O[C@H]5C[C@@H](OCc5ccccc5)[C@H](COCc5ccccc5)O[C@@H]4C[C@@H](OCc4ccccc4)[C@]3(C)O[C@@H]2C1. The standard InChI is InChI=1S/C51H68O11/c1-33-22-41-40(57-46-32-55-49(2,3)59-42(46)23-33)27-48-51(6,62-41)47(54-30-36-20-14-9-15-21-36)26-39-38(58-48)25-44-43(60-50(4,5)61-44)24-37(53-29-35-18-12-8-13-19-35)45(56-39)31-52-28-34-16-10-7-11-17-34/h7-21,33,37-48H,22-32H2,1-6H3/t33-,37+,38-,39+,40-,41+,42-,43-,44+,45-,46+,47+,48+,51-/m0/s1. The van der Waals surface area contributed by atoms with Crippen LogP contribution < -0.4 is 0 Å². The lowest BCUT2D eigenvalue weighted by Gasteiger charge is -2.53. The van der Waals surface area contributed by atoms with Gasteiger partial charge >= 0.3 is 0 Å². The van der Waals surface area contributed by atoms with Gasteiger partial charge in [0.1, 0.15) is 17.8 Å². The zero-order chi connectivity index (χ0) is 42.9. The van der Waals surface area contributed by atoms with E-state index in [0.29, 0.717) is 64.6 Å². The summed E-state index contributed by atoms with van der Waals surface area (Å²) in [6.07, 6.45) is 0.377. The van der Waals surface area contributed by atoms with Crippen LogP contribution in [0.5, 0.6) is 0 Å². The van der Waals surface area contributed by atoms with Gasteiger partial charge in [-0.15, -0.1) is 0 Å². The van der Waals surface area contributed by atoms with Crippen LogP contribution in [0.2, 0.25) is 0 Å². The van der Waals surface area contributed by atoms with Gasteiger partial charge in [-0.25, -0.2) is 0 Å². The first kappa shape index (κ1) is 44.4. The average Bonchev–Trinajstić information content (AvgIpc) is 3.50. The van der Waals surface area contributed by atoms with E-state index in [0.717, 1.165) is 29.5 Å². The van der Waals surface area contributed by atoms with Crippen molar-refractivity contribution in [1.82, 2.24) is 0 Å². The van der Waals surface area contributed by atoms with Crippen LogP contribution in [0.4, 0.5) is 0 Å². The van der Waals surface area contributed by atoms with Crippen molar-refractivity contribution in [3.63, 3.8) is 0 Å². The number of hydrogen-bond acceptors (Lipinski definition) is 11. The largest absolute Gasteiger partial charge is 0.374 e. The van der Waals surface area contributed by atoms with Crippen LogP contribution in [0.3, 0.4) is 0 Å². The maximum absolute atomic E-state index is 7.49. The zero-order valence-corrected chi connectivity index (χ0v) is 37.4. The Hall–Kier alpha value is -2.78. The minimum absolute atomic E-state index is 0.0648. The van der Waals surface area contributed by atoms with E-state index in [1.807, 2.05) is 70.2 Å². The molecule has 9 rings (SSSR count). The second-order valence-electron chi connectivity index (χ2n) is 19.6. The second kappa shape index (κ2) is 19.0. The molecular formula is C51H68O11. The maximum Gasteiger partial charge on any atom is 0.163 e. The van der Waals surface area contributed by atoms with Crippen LogP contribution in [0.15, 0.2) is 91.0 Å². The molecule has 11 heteroatoms. The third-order valence-corrected chi connectivity index (χ3v) is 13.8. The fourth-order valence-corrected chi connectivity index (χ4v) is 10.6. The highest BCUT2D eigenvalue weighted by atomic mass is 16.8. The maximum atomic E-state index is 7.49. The number of ether oxygens (including phenoxy) is 11. The summed E-state index contributed by atoms with van der Waals surface area (Å²) in [7, 11) is 0. The second-order valence-corrected chi connectivity index (χ2v) is 19.6. The van der Waals surface area contributed by atoms with Gasteiger partial charge in [-0.3, -0.25) is 0 Å². The lowest BCUT2D eigenvalue weighted by molar-refractivity contribution is -0.341. The molecule has 0 radical (unpaired) electrons. The first-order valence-electron chi connectivity index (χ1n) is 23.1. The summed E-state index contributed by atoms with van der Waals surface area (Å²) < 4.78 is 76.0. The summed E-state index contributed by atoms with van der Waals surface area (Å²) in [6, 6.07) is 30.9. The molecule has 0 unspecified atom stereocenters. The molecule has 0 saturated carbocycles. The van der Waals surface area contributed by atoms with E-state index in [1.54, 1.807) is 0 Å². The Bertz CT molecular complexity index is 1860. The summed E-state index contributed by atoms with van der Waals surface area (Å²) in [4.78, 5) is 0. The summed E-state index contributed by atoms with van der Waals surface area (Å²) in [5.41, 5.74) is 2.45. The first-order chi connectivity index (χ1) is 29.9. The number of fused-ring (bicyclic) bond motifs is 5. The predicted octanol–water partition coefficient (Wildman–Crippen LogP) is 8.48. The summed E-state index contributed by atoms with van der Waals surface area (Å²) in [5, 5.41) is 0. The van der Waals surface area contributed by atoms with Gasteiger partial charge in [0.2, 0.25) is 0 Å². The molecule has 0 N–H and O–H groups in total. The Morgan fingerprint density at radius 3 is 1.69 bits per heavy atom. The van der Waals surface area contributed by atoms with E-state index in [9.17, 15) is 0 Å². The quantitative estimate of drug-likeness (QED) is 0.196. The Kier molecular flexibility index (Phi) is 13.6. The van der Waals surface area contributed by atoms with Crippen molar-refractivity contribution in [3.05, 3.63) is 108 Å². The van der Waals surface area contributed by atoms with Crippen molar-refractivity contribution in [2.45, 2.75) is 190 Å². The molecule has 3 aromatic carbocycles. The Morgan fingerprint density at radius 2 is 1.03 bits per heavy atom. The average molecular weight is 857 g/mol. The highest BCUT2D eigenvalue weighted by molar-refractivity contribution is 5.16. The molecule has 0 aliphatic carbocycles. The van der Waals surface area contributed by atoms with Crippen molar-refractivity contribution >= 4 is 0 Å². The van der Waals surface area contributed by atoms with Gasteiger partial charge in [0.25, 0.3) is 0 Å². The molecule has 0 bridgehead atoms. The molecule has 11 nitrogen and oxygen atoms in total. The van der Waals surface area contributed by atoms with Gasteiger partial charge in [0.15, 0.2) is 11.6 Å². The molecule has 6 fully saturated rings. The lowest BCUT2D eigenvalue weighted by atomic mass is 9.79. The summed E-state index contributed by atoms with van der Waals surface area (Å²) >= 11 is 0. The first-order valence-corrected chi connectivity index (χ1v) is 23.1. The molecule has 0 aromatic heterocycles. The van der Waals surface area contributed by atoms with E-state index < -0.39 is 29.4 Å². The van der Waals surface area contributed by atoms with Gasteiger partial charge in [0, 0.05) is 25.7 Å². The van der Waals surface area contributed by atoms with Gasteiger partial charge in [-0.1, -0.05) is 97.9 Å². The summed E-state index contributed by atoms with van der Waals surface area (Å²) in [6.45, 7) is 14.5.